The molecule has 1 aliphatic heterocycles. The standard InChI is InChI=1S/C20H26N4O3/c1-13-9-14(2)20(17(25)10-13)16-5-6-18(22-21-16)24-7-8-27-15(12-24)11-19(26)23(3)4/h5-6,9-10,15,25H,7-8,11-12H2,1-4H3/t15-/m1/s1. The molecule has 0 spiro atoms. The lowest BCUT2D eigenvalue weighted by Crippen LogP contribution is -2.44. The number of nitrogens with zero attached hydrogens (tertiary/aromatic N) is 4. The van der Waals surface area contributed by atoms with Gasteiger partial charge in [-0.1, -0.05) is 6.07 Å². The molecule has 1 aromatic carbocycles. The van der Waals surface area contributed by atoms with E-state index < -0.39 is 0 Å². The minimum Gasteiger partial charge on any atom is -0.507 e. The molecule has 7 nitrogen and oxygen atoms in total. The molecule has 2 heterocycles. The molecule has 27 heavy (non-hydrogen) atoms. The number of hydrogen-bond donors (Lipinski definition) is 1. The normalized spacial score (nSPS) is 17.0. The monoisotopic (exact) mass is 370 g/mol. The van der Waals surface area contributed by atoms with Crippen LogP contribution in [0.2, 0.25) is 0 Å². The summed E-state index contributed by atoms with van der Waals surface area (Å²) >= 11 is 0. The third-order valence-electron chi connectivity index (χ3n) is 4.73. The number of amides is 1. The fraction of sp³-hybridized carbons (Fsp3) is 0.450. The second-order valence-corrected chi connectivity index (χ2v) is 7.18. The fourth-order valence-corrected chi connectivity index (χ4v) is 3.33. The lowest BCUT2D eigenvalue weighted by atomic mass is 10.0. The van der Waals surface area contributed by atoms with Crippen LogP contribution in [0.25, 0.3) is 11.3 Å². The predicted octanol–water partition coefficient (Wildman–Crippen LogP) is 2.15. The zero-order valence-corrected chi connectivity index (χ0v) is 16.3. The van der Waals surface area contributed by atoms with Gasteiger partial charge in [-0.2, -0.15) is 0 Å². The van der Waals surface area contributed by atoms with Crippen LogP contribution in [0.4, 0.5) is 5.82 Å². The van der Waals surface area contributed by atoms with Crippen LogP contribution >= 0.6 is 0 Å². The number of rotatable bonds is 4. The van der Waals surface area contributed by atoms with Crippen molar-refractivity contribution in [2.75, 3.05) is 38.7 Å². The van der Waals surface area contributed by atoms with E-state index in [1.165, 1.54) is 0 Å². The number of morpholine rings is 1. The third-order valence-corrected chi connectivity index (χ3v) is 4.73. The summed E-state index contributed by atoms with van der Waals surface area (Å²) in [4.78, 5) is 15.6. The van der Waals surface area contributed by atoms with Gasteiger partial charge in [0.2, 0.25) is 5.91 Å². The van der Waals surface area contributed by atoms with Gasteiger partial charge in [0.1, 0.15) is 5.75 Å². The number of aromatic nitrogens is 2. The van der Waals surface area contributed by atoms with Crippen LogP contribution in [0.3, 0.4) is 0 Å². The Morgan fingerprint density at radius 3 is 2.70 bits per heavy atom. The molecule has 1 aromatic heterocycles. The Kier molecular flexibility index (Phi) is 5.60. The van der Waals surface area contributed by atoms with Gasteiger partial charge in [-0.05, 0) is 43.2 Å². The van der Waals surface area contributed by atoms with Crippen molar-refractivity contribution in [3.63, 3.8) is 0 Å². The average molecular weight is 370 g/mol. The molecule has 144 valence electrons. The Balaban J connectivity index is 1.75. The molecular weight excluding hydrogens is 344 g/mol. The van der Waals surface area contributed by atoms with Crippen LogP contribution in [-0.4, -0.2) is 66.0 Å². The number of aryl methyl sites for hydroxylation is 2. The topological polar surface area (TPSA) is 78.8 Å². The van der Waals surface area contributed by atoms with E-state index >= 15 is 0 Å². The molecule has 1 N–H and O–H groups in total. The molecule has 0 saturated carbocycles. The van der Waals surface area contributed by atoms with Crippen molar-refractivity contribution in [1.29, 1.82) is 0 Å². The van der Waals surface area contributed by atoms with Crippen molar-refractivity contribution in [3.05, 3.63) is 35.4 Å². The molecule has 1 fully saturated rings. The maximum atomic E-state index is 11.9. The second kappa shape index (κ2) is 7.92. The van der Waals surface area contributed by atoms with Crippen LogP contribution < -0.4 is 4.90 Å². The van der Waals surface area contributed by atoms with E-state index in [1.54, 1.807) is 25.1 Å². The van der Waals surface area contributed by atoms with Crippen LogP contribution in [0.1, 0.15) is 17.5 Å². The smallest absolute Gasteiger partial charge is 0.224 e. The quantitative estimate of drug-likeness (QED) is 0.888. The Morgan fingerprint density at radius 1 is 1.30 bits per heavy atom. The number of ether oxygens (including phenoxy) is 1. The molecule has 0 bridgehead atoms. The number of hydrogen-bond acceptors (Lipinski definition) is 6. The summed E-state index contributed by atoms with van der Waals surface area (Å²) in [5, 5.41) is 18.9. The molecule has 0 unspecified atom stereocenters. The highest BCUT2D eigenvalue weighted by molar-refractivity contribution is 5.76. The molecule has 1 saturated heterocycles. The SMILES string of the molecule is Cc1cc(C)c(-c2ccc(N3CCO[C@H](CC(=O)N(C)C)C3)nn2)c(O)c1. The summed E-state index contributed by atoms with van der Waals surface area (Å²) in [7, 11) is 3.49. The lowest BCUT2D eigenvalue weighted by molar-refractivity contribution is -0.131. The van der Waals surface area contributed by atoms with Crippen LogP contribution in [-0.2, 0) is 9.53 Å². The van der Waals surface area contributed by atoms with E-state index in [0.717, 1.165) is 16.9 Å². The molecule has 3 rings (SSSR count). The molecule has 0 radical (unpaired) electrons. The molecule has 7 heteroatoms. The highest BCUT2D eigenvalue weighted by atomic mass is 16.5. The average Bonchev–Trinajstić information content (AvgIpc) is 2.61. The number of aromatic hydroxyl groups is 1. The summed E-state index contributed by atoms with van der Waals surface area (Å²) < 4.78 is 5.72. The summed E-state index contributed by atoms with van der Waals surface area (Å²) in [6.07, 6.45) is 0.198. The molecule has 2 aromatic rings. The molecular formula is C20H26N4O3. The van der Waals surface area contributed by atoms with E-state index in [2.05, 4.69) is 15.1 Å². The first-order chi connectivity index (χ1) is 12.8. The molecule has 0 aliphatic carbocycles. The van der Waals surface area contributed by atoms with E-state index in [-0.39, 0.29) is 17.8 Å². The third kappa shape index (κ3) is 4.36. The number of phenols is 1. The second-order valence-electron chi connectivity index (χ2n) is 7.18. The van der Waals surface area contributed by atoms with Crippen molar-refractivity contribution in [3.8, 4) is 17.0 Å². The number of phenolic OH excluding ortho intramolecular Hbond substituents is 1. The Bertz CT molecular complexity index is 797. The molecule has 1 atom stereocenters. The number of carbonyl (C=O) groups is 1. The first kappa shape index (κ1) is 19.1. The van der Waals surface area contributed by atoms with Gasteiger partial charge < -0.3 is 19.6 Å². The summed E-state index contributed by atoms with van der Waals surface area (Å²) in [6, 6.07) is 7.51. The number of carbonyl (C=O) groups excluding carboxylic acids is 1. The van der Waals surface area contributed by atoms with Crippen molar-refractivity contribution in [1.82, 2.24) is 15.1 Å². The zero-order valence-electron chi connectivity index (χ0n) is 16.3. The largest absolute Gasteiger partial charge is 0.507 e. The van der Waals surface area contributed by atoms with E-state index in [9.17, 15) is 9.90 Å². The van der Waals surface area contributed by atoms with Crippen LogP contribution in [0, 0.1) is 13.8 Å². The van der Waals surface area contributed by atoms with Gasteiger partial charge in [0.05, 0.1) is 24.8 Å². The summed E-state index contributed by atoms with van der Waals surface area (Å²) in [6.45, 7) is 5.75. The van der Waals surface area contributed by atoms with Gasteiger partial charge in [-0.15, -0.1) is 10.2 Å². The highest BCUT2D eigenvalue weighted by Crippen LogP contribution is 2.32. The van der Waals surface area contributed by atoms with Gasteiger partial charge in [0, 0.05) is 32.7 Å². The van der Waals surface area contributed by atoms with Crippen molar-refractivity contribution >= 4 is 11.7 Å². The van der Waals surface area contributed by atoms with Crippen LogP contribution in [0.15, 0.2) is 24.3 Å². The van der Waals surface area contributed by atoms with Gasteiger partial charge in [0.25, 0.3) is 0 Å². The van der Waals surface area contributed by atoms with Gasteiger partial charge >= 0.3 is 0 Å². The highest BCUT2D eigenvalue weighted by Gasteiger charge is 2.24. The maximum absolute atomic E-state index is 11.9. The van der Waals surface area contributed by atoms with E-state index in [4.69, 9.17) is 4.74 Å². The first-order valence-electron chi connectivity index (χ1n) is 9.06. The van der Waals surface area contributed by atoms with Crippen LogP contribution in [0.5, 0.6) is 5.75 Å². The first-order valence-corrected chi connectivity index (χ1v) is 9.06. The number of benzene rings is 1. The lowest BCUT2D eigenvalue weighted by Gasteiger charge is -2.33. The fourth-order valence-electron chi connectivity index (χ4n) is 3.33. The maximum Gasteiger partial charge on any atom is 0.224 e. The van der Waals surface area contributed by atoms with Crippen molar-refractivity contribution in [2.45, 2.75) is 26.4 Å². The summed E-state index contributed by atoms with van der Waals surface area (Å²) in [5.41, 5.74) is 3.31. The minimum atomic E-state index is -0.154. The van der Waals surface area contributed by atoms with E-state index in [0.29, 0.717) is 37.4 Å². The Hall–Kier alpha value is -2.67. The van der Waals surface area contributed by atoms with Crippen molar-refractivity contribution in [2.24, 2.45) is 0 Å². The minimum absolute atomic E-state index is 0.0496. The van der Waals surface area contributed by atoms with Gasteiger partial charge in [-0.25, -0.2) is 0 Å². The van der Waals surface area contributed by atoms with Gasteiger partial charge in [0.15, 0.2) is 5.82 Å². The zero-order chi connectivity index (χ0) is 19.6. The summed E-state index contributed by atoms with van der Waals surface area (Å²) in [5.74, 6) is 1.00. The molecule has 1 aliphatic rings. The van der Waals surface area contributed by atoms with Crippen molar-refractivity contribution < 1.29 is 14.6 Å². The Morgan fingerprint density at radius 2 is 2.07 bits per heavy atom. The number of anilines is 1. The van der Waals surface area contributed by atoms with Gasteiger partial charge in [-0.3, -0.25) is 4.79 Å². The molecule has 1 amide bonds. The van der Waals surface area contributed by atoms with E-state index in [1.807, 2.05) is 32.0 Å². The predicted molar refractivity (Wildman–Crippen MR) is 104 cm³/mol. The Labute approximate surface area is 159 Å².